The minimum atomic E-state index is -0.370. The fourth-order valence-electron chi connectivity index (χ4n) is 3.14. The van der Waals surface area contributed by atoms with E-state index in [1.807, 2.05) is 7.05 Å². The summed E-state index contributed by atoms with van der Waals surface area (Å²) >= 11 is 1.40. The average molecular weight is 348 g/mol. The minimum Gasteiger partial charge on any atom is -0.347 e. The lowest BCUT2D eigenvalue weighted by Crippen LogP contribution is -2.48. The van der Waals surface area contributed by atoms with Crippen molar-refractivity contribution in [1.82, 2.24) is 24.4 Å². The highest BCUT2D eigenvalue weighted by Crippen LogP contribution is 2.24. The van der Waals surface area contributed by atoms with E-state index in [4.69, 9.17) is 0 Å². The first-order valence-electron chi connectivity index (χ1n) is 8.25. The van der Waals surface area contributed by atoms with Crippen molar-refractivity contribution >= 4 is 27.3 Å². The molecule has 0 saturated carbocycles. The highest BCUT2D eigenvalue weighted by atomic mass is 32.1. The van der Waals surface area contributed by atoms with Gasteiger partial charge in [0.05, 0.1) is 0 Å². The summed E-state index contributed by atoms with van der Waals surface area (Å²) in [5.74, 6) is -0.245. The fraction of sp³-hybridized carbons (Fsp3) is 0.600. The van der Waals surface area contributed by atoms with E-state index in [9.17, 15) is 9.59 Å². The Bertz CT molecular complexity index is 817. The number of rotatable bonds is 2. The van der Waals surface area contributed by atoms with Crippen LogP contribution in [0.15, 0.2) is 11.0 Å². The van der Waals surface area contributed by atoms with E-state index in [2.05, 4.69) is 19.9 Å². The van der Waals surface area contributed by atoms with Gasteiger partial charge in [0.2, 0.25) is 10.1 Å². The van der Waals surface area contributed by atoms with Crippen LogP contribution in [-0.4, -0.2) is 76.6 Å². The molecule has 2 aliphatic rings. The van der Waals surface area contributed by atoms with Crippen LogP contribution >= 0.6 is 11.3 Å². The van der Waals surface area contributed by atoms with E-state index in [0.29, 0.717) is 18.1 Å². The minimum absolute atomic E-state index is 0.107. The molecular weight excluding hydrogens is 328 g/mol. The Kier molecular flexibility index (Phi) is 3.97. The lowest BCUT2D eigenvalue weighted by Gasteiger charge is -2.32. The number of hydrogen-bond donors (Lipinski definition) is 0. The maximum absolute atomic E-state index is 12.7. The summed E-state index contributed by atoms with van der Waals surface area (Å²) < 4.78 is 1.28. The molecule has 128 valence electrons. The first-order chi connectivity index (χ1) is 11.6. The first kappa shape index (κ1) is 15.5. The van der Waals surface area contributed by atoms with Crippen molar-refractivity contribution in [1.29, 1.82) is 0 Å². The molecule has 8 nitrogen and oxygen atoms in total. The second kappa shape index (κ2) is 6.14. The second-order valence-electron chi connectivity index (χ2n) is 6.35. The number of carbonyl (C=O) groups is 1. The standard InChI is InChI=1S/C15H20N6O2S/c1-18-6-8-19(9-7-18)12(22)11-10-16-14-21(13(11)23)17-15(24-14)20-4-2-3-5-20/h10H,2-9H2,1H3. The highest BCUT2D eigenvalue weighted by molar-refractivity contribution is 7.20. The molecule has 0 aromatic carbocycles. The lowest BCUT2D eigenvalue weighted by atomic mass is 10.2. The lowest BCUT2D eigenvalue weighted by molar-refractivity contribution is 0.0661. The predicted molar refractivity (Wildman–Crippen MR) is 92.0 cm³/mol. The Hall–Kier alpha value is -2.00. The molecular formula is C15H20N6O2S. The predicted octanol–water partition coefficient (Wildman–Crippen LogP) is 0.139. The summed E-state index contributed by atoms with van der Waals surface area (Å²) in [6, 6.07) is 0. The van der Waals surface area contributed by atoms with Crippen LogP contribution in [0.2, 0.25) is 0 Å². The van der Waals surface area contributed by atoms with Crippen molar-refractivity contribution < 1.29 is 4.79 Å². The molecule has 24 heavy (non-hydrogen) atoms. The van der Waals surface area contributed by atoms with Gasteiger partial charge in [0.1, 0.15) is 5.56 Å². The number of likely N-dealkylation sites (N-methyl/N-ethyl adjacent to an activating group) is 1. The van der Waals surface area contributed by atoms with Crippen LogP contribution in [-0.2, 0) is 0 Å². The van der Waals surface area contributed by atoms with Crippen molar-refractivity contribution in [3.8, 4) is 0 Å². The number of carbonyl (C=O) groups excluding carboxylic acids is 1. The van der Waals surface area contributed by atoms with Crippen LogP contribution in [0.5, 0.6) is 0 Å². The summed E-state index contributed by atoms with van der Waals surface area (Å²) in [5, 5.41) is 5.21. The van der Waals surface area contributed by atoms with E-state index >= 15 is 0 Å². The normalized spacial score (nSPS) is 19.4. The van der Waals surface area contributed by atoms with Gasteiger partial charge in [0.25, 0.3) is 11.5 Å². The van der Waals surface area contributed by atoms with Gasteiger partial charge in [0.15, 0.2) is 0 Å². The van der Waals surface area contributed by atoms with Crippen LogP contribution in [0.25, 0.3) is 4.96 Å². The molecule has 0 radical (unpaired) electrons. The monoisotopic (exact) mass is 348 g/mol. The van der Waals surface area contributed by atoms with Crippen LogP contribution < -0.4 is 10.5 Å². The van der Waals surface area contributed by atoms with Gasteiger partial charge in [-0.1, -0.05) is 11.3 Å². The van der Waals surface area contributed by atoms with Gasteiger partial charge in [-0.25, -0.2) is 4.98 Å². The van der Waals surface area contributed by atoms with Crippen LogP contribution in [0.4, 0.5) is 5.13 Å². The van der Waals surface area contributed by atoms with Crippen molar-refractivity contribution in [2.45, 2.75) is 12.8 Å². The van der Waals surface area contributed by atoms with E-state index < -0.39 is 0 Å². The molecule has 0 bridgehead atoms. The fourth-order valence-corrected chi connectivity index (χ4v) is 4.05. The zero-order chi connectivity index (χ0) is 16.7. The molecule has 0 atom stereocenters. The van der Waals surface area contributed by atoms with Gasteiger partial charge in [-0.15, -0.1) is 5.10 Å². The number of aromatic nitrogens is 3. The third kappa shape index (κ3) is 2.67. The number of fused-ring (bicyclic) bond motifs is 1. The molecule has 2 aliphatic heterocycles. The van der Waals surface area contributed by atoms with Gasteiger partial charge >= 0.3 is 0 Å². The van der Waals surface area contributed by atoms with Crippen molar-refractivity contribution in [3.05, 3.63) is 22.1 Å². The zero-order valence-electron chi connectivity index (χ0n) is 13.6. The molecule has 9 heteroatoms. The Balaban J connectivity index is 1.65. The maximum Gasteiger partial charge on any atom is 0.288 e. The zero-order valence-corrected chi connectivity index (χ0v) is 14.5. The Morgan fingerprint density at radius 2 is 1.83 bits per heavy atom. The first-order valence-corrected chi connectivity index (χ1v) is 9.07. The van der Waals surface area contributed by atoms with E-state index in [1.54, 1.807) is 4.90 Å². The Morgan fingerprint density at radius 1 is 1.12 bits per heavy atom. The summed E-state index contributed by atoms with van der Waals surface area (Å²) in [5.41, 5.74) is -0.263. The summed E-state index contributed by atoms with van der Waals surface area (Å²) in [7, 11) is 2.03. The van der Waals surface area contributed by atoms with Gasteiger partial charge in [-0.3, -0.25) is 9.59 Å². The van der Waals surface area contributed by atoms with Crippen molar-refractivity contribution in [2.24, 2.45) is 0 Å². The molecule has 4 heterocycles. The van der Waals surface area contributed by atoms with Gasteiger partial charge in [-0.05, 0) is 19.9 Å². The molecule has 2 aromatic heterocycles. The number of piperazine rings is 1. The summed E-state index contributed by atoms with van der Waals surface area (Å²) in [6.07, 6.45) is 3.70. The molecule has 0 unspecified atom stereocenters. The number of amides is 1. The molecule has 2 saturated heterocycles. The Labute approximate surface area is 143 Å². The van der Waals surface area contributed by atoms with E-state index in [1.165, 1.54) is 22.0 Å². The molecule has 4 rings (SSSR count). The van der Waals surface area contributed by atoms with Gasteiger partial charge < -0.3 is 14.7 Å². The van der Waals surface area contributed by atoms with E-state index in [-0.39, 0.29) is 17.0 Å². The van der Waals surface area contributed by atoms with E-state index in [0.717, 1.165) is 44.2 Å². The van der Waals surface area contributed by atoms with Gasteiger partial charge in [0, 0.05) is 45.5 Å². The van der Waals surface area contributed by atoms with Crippen LogP contribution in [0.1, 0.15) is 23.2 Å². The van der Waals surface area contributed by atoms with Crippen molar-refractivity contribution in [2.75, 3.05) is 51.2 Å². The highest BCUT2D eigenvalue weighted by Gasteiger charge is 2.25. The average Bonchev–Trinajstić information content (AvgIpc) is 3.25. The number of nitrogens with zero attached hydrogens (tertiary/aromatic N) is 6. The quantitative estimate of drug-likeness (QED) is 0.769. The number of anilines is 1. The van der Waals surface area contributed by atoms with Gasteiger partial charge in [-0.2, -0.15) is 4.52 Å². The smallest absolute Gasteiger partial charge is 0.288 e. The van der Waals surface area contributed by atoms with Crippen molar-refractivity contribution in [3.63, 3.8) is 0 Å². The summed E-state index contributed by atoms with van der Waals surface area (Å²) in [6.45, 7) is 4.82. The summed E-state index contributed by atoms with van der Waals surface area (Å²) in [4.78, 5) is 36.2. The second-order valence-corrected chi connectivity index (χ2v) is 7.28. The topological polar surface area (TPSA) is 74.1 Å². The third-order valence-electron chi connectivity index (χ3n) is 4.67. The SMILES string of the molecule is CN1CCN(C(=O)c2cnc3sc(N4CCCC4)nn3c2=O)CC1. The molecule has 0 aliphatic carbocycles. The number of hydrogen-bond acceptors (Lipinski definition) is 7. The van der Waals surface area contributed by atoms with Crippen LogP contribution in [0.3, 0.4) is 0 Å². The maximum atomic E-state index is 12.7. The molecule has 0 N–H and O–H groups in total. The Morgan fingerprint density at radius 3 is 2.54 bits per heavy atom. The molecule has 0 spiro atoms. The molecule has 1 amide bonds. The molecule has 2 fully saturated rings. The van der Waals surface area contributed by atoms with Crippen LogP contribution in [0, 0.1) is 0 Å². The third-order valence-corrected chi connectivity index (χ3v) is 5.66. The molecule has 2 aromatic rings. The largest absolute Gasteiger partial charge is 0.347 e.